The van der Waals surface area contributed by atoms with Gasteiger partial charge in [0, 0.05) is 24.8 Å². The molecule has 4 nitrogen and oxygen atoms in total. The van der Waals surface area contributed by atoms with E-state index in [1.54, 1.807) is 11.0 Å². The van der Waals surface area contributed by atoms with Gasteiger partial charge in [-0.3, -0.25) is 0 Å². The number of carbonyl (C=O) groups is 1. The Morgan fingerprint density at radius 1 is 1.43 bits per heavy atom. The normalized spacial score (nSPS) is 18.7. The maximum absolute atomic E-state index is 13.3. The van der Waals surface area contributed by atoms with Crippen LogP contribution in [0.2, 0.25) is 0 Å². The number of nitrogens with zero attached hydrogens (tertiary/aromatic N) is 1. The zero-order valence-electron chi connectivity index (χ0n) is 13.1. The maximum atomic E-state index is 13.3. The standard InChI is InChI=1S/C16H23FN2O2/c1-11-5-6-12(17)9-14(11)18-13-7-8-19(10-13)15(20)21-16(2,3)4/h5-6,9,13,18H,7-8,10H2,1-4H3. The second-order valence-corrected chi connectivity index (χ2v) is 6.52. The van der Waals surface area contributed by atoms with E-state index in [9.17, 15) is 9.18 Å². The third-order valence-corrected chi connectivity index (χ3v) is 3.40. The van der Waals surface area contributed by atoms with Crippen LogP contribution >= 0.6 is 0 Å². The number of anilines is 1. The van der Waals surface area contributed by atoms with Gasteiger partial charge >= 0.3 is 6.09 Å². The molecular formula is C16H23FN2O2. The molecule has 5 heteroatoms. The third-order valence-electron chi connectivity index (χ3n) is 3.40. The zero-order valence-corrected chi connectivity index (χ0v) is 13.1. The Hall–Kier alpha value is -1.78. The van der Waals surface area contributed by atoms with Crippen LogP contribution in [0.3, 0.4) is 0 Å². The summed E-state index contributed by atoms with van der Waals surface area (Å²) in [5.74, 6) is -0.259. The van der Waals surface area contributed by atoms with Crippen LogP contribution in [0.5, 0.6) is 0 Å². The van der Waals surface area contributed by atoms with Crippen molar-refractivity contribution in [1.29, 1.82) is 0 Å². The molecule has 116 valence electrons. The average Bonchev–Trinajstić information content (AvgIpc) is 2.80. The first kappa shape index (κ1) is 15.6. The number of aryl methyl sites for hydroxylation is 1. The minimum Gasteiger partial charge on any atom is -0.444 e. The Labute approximate surface area is 125 Å². The molecule has 0 bridgehead atoms. The van der Waals surface area contributed by atoms with E-state index in [0.29, 0.717) is 13.1 Å². The molecule has 1 saturated heterocycles. The lowest BCUT2D eigenvalue weighted by Crippen LogP contribution is -2.36. The molecule has 0 saturated carbocycles. The molecule has 0 aliphatic carbocycles. The smallest absolute Gasteiger partial charge is 0.410 e. The second kappa shape index (κ2) is 5.92. The first-order chi connectivity index (χ1) is 9.74. The van der Waals surface area contributed by atoms with Gasteiger partial charge in [-0.25, -0.2) is 9.18 Å². The molecule has 2 rings (SSSR count). The molecule has 1 fully saturated rings. The Morgan fingerprint density at radius 2 is 2.14 bits per heavy atom. The summed E-state index contributed by atoms with van der Waals surface area (Å²) in [7, 11) is 0. The predicted octanol–water partition coefficient (Wildman–Crippen LogP) is 3.56. The molecule has 1 amide bonds. The minimum absolute atomic E-state index is 0.123. The highest BCUT2D eigenvalue weighted by molar-refractivity contribution is 5.68. The molecule has 1 atom stereocenters. The minimum atomic E-state index is -0.484. The summed E-state index contributed by atoms with van der Waals surface area (Å²) in [5.41, 5.74) is 1.29. The Kier molecular flexibility index (Phi) is 4.40. The van der Waals surface area contributed by atoms with Crippen molar-refractivity contribution in [2.24, 2.45) is 0 Å². The van der Waals surface area contributed by atoms with Gasteiger partial charge in [0.2, 0.25) is 0 Å². The molecule has 0 aromatic heterocycles. The number of likely N-dealkylation sites (tertiary alicyclic amines) is 1. The zero-order chi connectivity index (χ0) is 15.6. The Balaban J connectivity index is 1.93. The molecule has 1 heterocycles. The summed E-state index contributed by atoms with van der Waals surface area (Å²) in [6.07, 6.45) is 0.539. The van der Waals surface area contributed by atoms with Gasteiger partial charge in [0.25, 0.3) is 0 Å². The largest absolute Gasteiger partial charge is 0.444 e. The van der Waals surface area contributed by atoms with Crippen molar-refractivity contribution >= 4 is 11.8 Å². The van der Waals surface area contributed by atoms with E-state index in [1.807, 2.05) is 27.7 Å². The van der Waals surface area contributed by atoms with Crippen molar-refractivity contribution in [1.82, 2.24) is 4.90 Å². The van der Waals surface area contributed by atoms with Crippen LogP contribution < -0.4 is 5.32 Å². The summed E-state index contributed by atoms with van der Waals surface area (Å²) >= 11 is 0. The highest BCUT2D eigenvalue weighted by Gasteiger charge is 2.29. The fourth-order valence-electron chi connectivity index (χ4n) is 2.34. The van der Waals surface area contributed by atoms with E-state index in [2.05, 4.69) is 5.32 Å². The lowest BCUT2D eigenvalue weighted by atomic mass is 10.1. The van der Waals surface area contributed by atoms with Crippen LogP contribution in [0.4, 0.5) is 14.9 Å². The van der Waals surface area contributed by atoms with Crippen LogP contribution in [-0.4, -0.2) is 35.7 Å². The molecule has 0 radical (unpaired) electrons. The van der Waals surface area contributed by atoms with Crippen LogP contribution in [-0.2, 0) is 4.74 Å². The third kappa shape index (κ3) is 4.34. The molecular weight excluding hydrogens is 271 g/mol. The number of benzene rings is 1. The number of hydrogen-bond acceptors (Lipinski definition) is 3. The summed E-state index contributed by atoms with van der Waals surface area (Å²) in [6.45, 7) is 8.72. The molecule has 1 unspecified atom stereocenters. The number of ether oxygens (including phenoxy) is 1. The van der Waals surface area contributed by atoms with Crippen LogP contribution in [0, 0.1) is 12.7 Å². The van der Waals surface area contributed by atoms with E-state index >= 15 is 0 Å². The molecule has 1 aromatic carbocycles. The van der Waals surface area contributed by atoms with Gasteiger partial charge < -0.3 is 15.0 Å². The molecule has 1 aliphatic rings. The summed E-state index contributed by atoms with van der Waals surface area (Å²) < 4.78 is 18.6. The molecule has 1 N–H and O–H groups in total. The fourth-order valence-corrected chi connectivity index (χ4v) is 2.34. The number of nitrogens with one attached hydrogen (secondary N) is 1. The summed E-state index contributed by atoms with van der Waals surface area (Å²) in [5, 5.41) is 3.31. The van der Waals surface area contributed by atoms with E-state index < -0.39 is 5.60 Å². The van der Waals surface area contributed by atoms with Gasteiger partial charge in [-0.15, -0.1) is 0 Å². The van der Waals surface area contributed by atoms with Crippen molar-refractivity contribution in [3.05, 3.63) is 29.6 Å². The SMILES string of the molecule is Cc1ccc(F)cc1NC1CCN(C(=O)OC(C)(C)C)C1. The number of hydrogen-bond donors (Lipinski definition) is 1. The van der Waals surface area contributed by atoms with Gasteiger partial charge in [-0.1, -0.05) is 6.07 Å². The second-order valence-electron chi connectivity index (χ2n) is 6.52. The average molecular weight is 294 g/mol. The predicted molar refractivity (Wildman–Crippen MR) is 81.0 cm³/mol. The lowest BCUT2D eigenvalue weighted by molar-refractivity contribution is 0.0293. The van der Waals surface area contributed by atoms with Crippen molar-refractivity contribution in [2.45, 2.75) is 45.8 Å². The molecule has 1 aliphatic heterocycles. The number of amides is 1. The highest BCUT2D eigenvalue weighted by Crippen LogP contribution is 2.21. The topological polar surface area (TPSA) is 41.6 Å². The molecule has 21 heavy (non-hydrogen) atoms. The van der Waals surface area contributed by atoms with Crippen molar-refractivity contribution in [3.8, 4) is 0 Å². The lowest BCUT2D eigenvalue weighted by Gasteiger charge is -2.24. The van der Waals surface area contributed by atoms with Crippen molar-refractivity contribution in [2.75, 3.05) is 18.4 Å². The van der Waals surface area contributed by atoms with Gasteiger partial charge in [0.1, 0.15) is 11.4 Å². The number of rotatable bonds is 2. The van der Waals surface area contributed by atoms with Crippen LogP contribution in [0.25, 0.3) is 0 Å². The monoisotopic (exact) mass is 294 g/mol. The van der Waals surface area contributed by atoms with Crippen molar-refractivity contribution < 1.29 is 13.9 Å². The summed E-state index contributed by atoms with van der Waals surface area (Å²) in [6, 6.07) is 4.81. The Bertz CT molecular complexity index is 525. The first-order valence-corrected chi connectivity index (χ1v) is 7.25. The highest BCUT2D eigenvalue weighted by atomic mass is 19.1. The van der Waals surface area contributed by atoms with Gasteiger partial charge in [-0.05, 0) is 51.8 Å². The van der Waals surface area contributed by atoms with Gasteiger partial charge in [0.15, 0.2) is 0 Å². The van der Waals surface area contributed by atoms with E-state index in [1.165, 1.54) is 12.1 Å². The van der Waals surface area contributed by atoms with Crippen LogP contribution in [0.1, 0.15) is 32.8 Å². The first-order valence-electron chi connectivity index (χ1n) is 7.25. The van der Waals surface area contributed by atoms with E-state index in [4.69, 9.17) is 4.74 Å². The van der Waals surface area contributed by atoms with Gasteiger partial charge in [0.05, 0.1) is 0 Å². The van der Waals surface area contributed by atoms with Crippen LogP contribution in [0.15, 0.2) is 18.2 Å². The fraction of sp³-hybridized carbons (Fsp3) is 0.562. The van der Waals surface area contributed by atoms with Gasteiger partial charge in [-0.2, -0.15) is 0 Å². The summed E-state index contributed by atoms with van der Waals surface area (Å²) in [4.78, 5) is 13.7. The van der Waals surface area contributed by atoms with Crippen molar-refractivity contribution in [3.63, 3.8) is 0 Å². The number of halogens is 1. The molecule has 0 spiro atoms. The Morgan fingerprint density at radius 3 is 2.81 bits per heavy atom. The molecule has 1 aromatic rings. The van der Waals surface area contributed by atoms with E-state index in [0.717, 1.165) is 17.7 Å². The quantitative estimate of drug-likeness (QED) is 0.907. The van der Waals surface area contributed by atoms with E-state index in [-0.39, 0.29) is 18.0 Å². The number of carbonyl (C=O) groups excluding carboxylic acids is 1. The maximum Gasteiger partial charge on any atom is 0.410 e.